The quantitative estimate of drug-likeness (QED) is 0.0485. The van der Waals surface area contributed by atoms with Crippen LogP contribution in [0, 0.1) is 0 Å². The summed E-state index contributed by atoms with van der Waals surface area (Å²) < 4.78 is 15.6. The molecule has 1 aliphatic rings. The highest BCUT2D eigenvalue weighted by molar-refractivity contribution is 7.43. The van der Waals surface area contributed by atoms with Gasteiger partial charge >= 0.3 is 0 Å². The van der Waals surface area contributed by atoms with Crippen LogP contribution in [0.15, 0.2) is 30.3 Å². The van der Waals surface area contributed by atoms with Gasteiger partial charge in [0.05, 0.1) is 45.1 Å². The standard InChI is InChI=1S/C32H49N8O16P/c1-15(42)24(38-26(45)18(33)13-41)30(49)37-21(14-56-57(53,54)55)31(50)40-10-6-9-22(40)28(47)39-25(16(2)43)29(48)35-19(11-17-7-4-3-5-8-17)27(46)36-20(32(51)52)12-23(34)44/h3-5,7-8,15-16,18-22,24-25,41-43H,6,9-14,33H2,1-2H3,(H2,34,44)(H,35,48)(H,36,46)(H,37,49)(H,38,45)(H,39,47)(H,51,52)(H2,53,54,55)/p-2/t15-,16-,18+,19+,20+,21+,22+,24+,25+/m1/s1. The Labute approximate surface area is 325 Å². The maximum Gasteiger partial charge on any atom is 0.281 e. The number of aliphatic carboxylic acids is 1. The maximum absolute atomic E-state index is 13.7. The van der Waals surface area contributed by atoms with E-state index in [-0.39, 0.29) is 25.8 Å². The average Bonchev–Trinajstić information content (AvgIpc) is 3.63. The van der Waals surface area contributed by atoms with Crippen molar-refractivity contribution in [2.75, 3.05) is 19.8 Å². The monoisotopic (exact) mass is 830 g/mol. The number of quaternary nitrogens is 1. The summed E-state index contributed by atoms with van der Waals surface area (Å²) >= 11 is 0. The van der Waals surface area contributed by atoms with Crippen molar-refractivity contribution >= 4 is 55.1 Å². The predicted octanol–water partition coefficient (Wildman–Crippen LogP) is -9.52. The van der Waals surface area contributed by atoms with Gasteiger partial charge in [0.2, 0.25) is 35.4 Å². The number of nitrogens with two attached hydrogens (primary N) is 1. The Kier molecular flexibility index (Phi) is 18.6. The van der Waals surface area contributed by atoms with Gasteiger partial charge < -0.3 is 87.0 Å². The Morgan fingerprint density at radius 1 is 0.877 bits per heavy atom. The lowest BCUT2D eigenvalue weighted by molar-refractivity contribution is -0.409. The van der Waals surface area contributed by atoms with Crippen LogP contribution in [0.2, 0.25) is 0 Å². The molecule has 57 heavy (non-hydrogen) atoms. The molecule has 0 aromatic heterocycles. The molecule has 1 aromatic carbocycles. The minimum Gasteiger partial charge on any atom is -0.790 e. The van der Waals surface area contributed by atoms with Gasteiger partial charge in [0.25, 0.3) is 5.91 Å². The normalized spacial score (nSPS) is 18.3. The molecule has 0 aliphatic carbocycles. The van der Waals surface area contributed by atoms with E-state index in [0.29, 0.717) is 5.56 Å². The van der Waals surface area contributed by atoms with Gasteiger partial charge in [-0.15, -0.1) is 0 Å². The average molecular weight is 831 g/mol. The Morgan fingerprint density at radius 2 is 1.42 bits per heavy atom. The van der Waals surface area contributed by atoms with Gasteiger partial charge in [-0.05, 0) is 32.3 Å². The molecule has 1 heterocycles. The largest absolute Gasteiger partial charge is 0.790 e. The number of aliphatic hydroxyl groups is 3. The number of phosphoric ester groups is 1. The van der Waals surface area contributed by atoms with E-state index in [0.717, 1.165) is 18.7 Å². The molecule has 9 atom stereocenters. The Bertz CT molecular complexity index is 1660. The molecule has 24 nitrogen and oxygen atoms in total. The van der Waals surface area contributed by atoms with Gasteiger partial charge in [-0.25, -0.2) is 0 Å². The molecule has 1 fully saturated rings. The van der Waals surface area contributed by atoms with Crippen LogP contribution in [0.5, 0.6) is 0 Å². The second kappa shape index (κ2) is 22.0. The first-order valence-electron chi connectivity index (χ1n) is 17.4. The lowest BCUT2D eigenvalue weighted by Gasteiger charge is -2.34. The predicted molar refractivity (Wildman–Crippen MR) is 184 cm³/mol. The van der Waals surface area contributed by atoms with E-state index >= 15 is 0 Å². The van der Waals surface area contributed by atoms with E-state index in [9.17, 15) is 73.1 Å². The van der Waals surface area contributed by atoms with E-state index in [2.05, 4.69) is 36.8 Å². The Hall–Kier alpha value is -5.07. The van der Waals surface area contributed by atoms with Crippen molar-refractivity contribution in [2.45, 2.75) is 94.0 Å². The highest BCUT2D eigenvalue weighted by atomic mass is 31.2. The summed E-state index contributed by atoms with van der Waals surface area (Å²) in [5.41, 5.74) is 8.92. The molecule has 13 N–H and O–H groups in total. The smallest absolute Gasteiger partial charge is 0.281 e. The number of carbonyl (C=O) groups excluding carboxylic acids is 8. The van der Waals surface area contributed by atoms with Crippen molar-refractivity contribution in [1.82, 2.24) is 31.5 Å². The highest BCUT2D eigenvalue weighted by Gasteiger charge is 2.41. The van der Waals surface area contributed by atoms with Crippen molar-refractivity contribution in [1.29, 1.82) is 0 Å². The van der Waals surface area contributed by atoms with Gasteiger partial charge in [0.1, 0.15) is 36.8 Å². The highest BCUT2D eigenvalue weighted by Crippen LogP contribution is 2.26. The lowest BCUT2D eigenvalue weighted by Crippen LogP contribution is -2.71. The number of carbonyl (C=O) groups is 8. The number of hydrogen-bond donors (Lipinski definition) is 10. The first-order valence-corrected chi connectivity index (χ1v) is 18.8. The van der Waals surface area contributed by atoms with Crippen LogP contribution < -0.4 is 52.9 Å². The summed E-state index contributed by atoms with van der Waals surface area (Å²) in [7, 11) is -5.76. The number of carboxylic acid groups (broad SMARTS) is 1. The number of aliphatic hydroxyl groups excluding tert-OH is 3. The molecule has 0 saturated carbocycles. The third-order valence-corrected chi connectivity index (χ3v) is 8.96. The van der Waals surface area contributed by atoms with E-state index in [4.69, 9.17) is 5.73 Å². The van der Waals surface area contributed by atoms with Gasteiger partial charge in [0, 0.05) is 13.0 Å². The van der Waals surface area contributed by atoms with Gasteiger partial charge in [-0.3, -0.25) is 33.6 Å². The number of amides is 7. The molecule has 1 saturated heterocycles. The SMILES string of the molecule is C[C@@H](O)[C@H](NC(=O)[C@@H]([NH3+])CO)C(=O)N[C@@H](COP(=O)([O-])[O-])C(=O)N1CCC[C@H]1C(=O)N[C@H](C(=O)N[C@@H](Cc1ccccc1)C(=O)N[C@@H](CC(N)=O)C(=O)[O-])[C@@H](C)O. The minimum absolute atomic E-state index is 0.0727. The number of likely N-dealkylation sites (tertiary alicyclic amines) is 1. The zero-order chi connectivity index (χ0) is 43.2. The first-order chi connectivity index (χ1) is 26.6. The van der Waals surface area contributed by atoms with E-state index in [1.165, 1.54) is 0 Å². The summed E-state index contributed by atoms with van der Waals surface area (Å²) in [6.07, 6.45) is -4.30. The van der Waals surface area contributed by atoms with Crippen molar-refractivity contribution in [3.8, 4) is 0 Å². The summed E-state index contributed by atoms with van der Waals surface area (Å²) in [5, 5.41) is 52.3. The van der Waals surface area contributed by atoms with E-state index < -0.39 is 129 Å². The molecule has 0 bridgehead atoms. The van der Waals surface area contributed by atoms with Gasteiger partial charge in [0.15, 0.2) is 6.04 Å². The topological polar surface area (TPSA) is 410 Å². The van der Waals surface area contributed by atoms with Crippen LogP contribution in [0.3, 0.4) is 0 Å². The number of nitrogens with one attached hydrogen (secondary N) is 5. The van der Waals surface area contributed by atoms with Crippen LogP contribution in [0.1, 0.15) is 38.7 Å². The van der Waals surface area contributed by atoms with Crippen molar-refractivity contribution in [3.05, 3.63) is 35.9 Å². The number of benzene rings is 1. The molecule has 0 radical (unpaired) electrons. The third kappa shape index (κ3) is 15.4. The summed E-state index contributed by atoms with van der Waals surface area (Å²) in [4.78, 5) is 126. The first kappa shape index (κ1) is 48.1. The van der Waals surface area contributed by atoms with E-state index in [1.807, 2.05) is 0 Å². The molecule has 2 rings (SSSR count). The number of phosphoric acid groups is 1. The fourth-order valence-electron chi connectivity index (χ4n) is 5.51. The molecular weight excluding hydrogens is 783 g/mol. The van der Waals surface area contributed by atoms with Crippen molar-refractivity contribution < 1.29 is 83.4 Å². The number of primary amides is 1. The molecule has 1 aliphatic heterocycles. The van der Waals surface area contributed by atoms with Crippen molar-refractivity contribution in [3.63, 3.8) is 0 Å². The second-order valence-corrected chi connectivity index (χ2v) is 14.3. The molecule has 1 aromatic rings. The molecule has 318 valence electrons. The molecular formula is C32H47N8O16P-2. The summed E-state index contributed by atoms with van der Waals surface area (Å²) in [6.45, 7) is -0.0215. The summed E-state index contributed by atoms with van der Waals surface area (Å²) in [6, 6.07) is -3.73. The fraction of sp³-hybridized carbons (Fsp3) is 0.562. The van der Waals surface area contributed by atoms with Crippen molar-refractivity contribution in [2.24, 2.45) is 5.73 Å². The number of nitrogens with zero attached hydrogens (tertiary/aromatic N) is 1. The molecule has 25 heteroatoms. The third-order valence-electron chi connectivity index (χ3n) is 8.49. The second-order valence-electron chi connectivity index (χ2n) is 13.1. The number of hydrogen-bond acceptors (Lipinski definition) is 16. The maximum atomic E-state index is 13.7. The minimum atomic E-state index is -5.76. The van der Waals surface area contributed by atoms with Crippen LogP contribution in [0.4, 0.5) is 0 Å². The van der Waals surface area contributed by atoms with Crippen LogP contribution >= 0.6 is 7.82 Å². The van der Waals surface area contributed by atoms with Crippen LogP contribution in [-0.2, 0) is 53.9 Å². The molecule has 7 amide bonds. The Morgan fingerprint density at radius 3 is 1.93 bits per heavy atom. The fourth-order valence-corrected chi connectivity index (χ4v) is 5.84. The van der Waals surface area contributed by atoms with E-state index in [1.54, 1.807) is 30.3 Å². The number of rotatable bonds is 22. The zero-order valence-electron chi connectivity index (χ0n) is 30.9. The van der Waals surface area contributed by atoms with Crippen LogP contribution in [-0.4, -0.2) is 142 Å². The van der Waals surface area contributed by atoms with Crippen LogP contribution in [0.25, 0.3) is 0 Å². The zero-order valence-corrected chi connectivity index (χ0v) is 31.8. The summed E-state index contributed by atoms with van der Waals surface area (Å²) in [5.74, 6) is -9.65. The lowest BCUT2D eigenvalue weighted by atomic mass is 10.0. The van der Waals surface area contributed by atoms with Gasteiger partial charge in [-0.1, -0.05) is 30.3 Å². The Balaban J connectivity index is 2.34. The number of carboxylic acids is 1. The van der Waals surface area contributed by atoms with Gasteiger partial charge in [-0.2, -0.15) is 0 Å². The molecule has 0 spiro atoms. The molecule has 0 unspecified atom stereocenters.